The third kappa shape index (κ3) is 4.07. The molecule has 1 aliphatic heterocycles. The molecule has 3 heterocycles. The van der Waals surface area contributed by atoms with Crippen LogP contribution in [0.25, 0.3) is 10.6 Å². The van der Waals surface area contributed by atoms with Gasteiger partial charge in [0, 0.05) is 43.0 Å². The van der Waals surface area contributed by atoms with Crippen molar-refractivity contribution in [3.8, 4) is 10.6 Å². The summed E-state index contributed by atoms with van der Waals surface area (Å²) >= 11 is 1.59. The first-order valence-corrected chi connectivity index (χ1v) is 10.0. The van der Waals surface area contributed by atoms with E-state index in [-0.39, 0.29) is 11.9 Å². The zero-order valence-corrected chi connectivity index (χ0v) is 16.1. The van der Waals surface area contributed by atoms with Gasteiger partial charge in [0.25, 0.3) is 0 Å². The van der Waals surface area contributed by atoms with E-state index in [1.165, 1.54) is 5.56 Å². The smallest absolute Gasteiger partial charge is 0.229 e. The Bertz CT molecular complexity index is 925. The number of aromatic nitrogens is 2. The van der Waals surface area contributed by atoms with Crippen molar-refractivity contribution in [2.45, 2.75) is 19.4 Å². The molecule has 2 aromatic heterocycles. The van der Waals surface area contributed by atoms with Gasteiger partial charge in [-0.1, -0.05) is 29.8 Å². The lowest BCUT2D eigenvalue weighted by Gasteiger charge is -2.36. The molecule has 1 aliphatic rings. The number of nitrogens with one attached hydrogen (secondary N) is 1. The van der Waals surface area contributed by atoms with Gasteiger partial charge < -0.3 is 10.2 Å². The van der Waals surface area contributed by atoms with E-state index in [1.807, 2.05) is 34.7 Å². The number of piperazine rings is 1. The van der Waals surface area contributed by atoms with Crippen molar-refractivity contribution in [1.82, 2.24) is 20.2 Å². The van der Waals surface area contributed by atoms with Crippen molar-refractivity contribution in [3.63, 3.8) is 0 Å². The number of hydrogen-bond donors (Lipinski definition) is 1. The number of benzene rings is 1. The van der Waals surface area contributed by atoms with Gasteiger partial charge in [-0.05, 0) is 24.6 Å². The van der Waals surface area contributed by atoms with Crippen LogP contribution < -0.4 is 5.32 Å². The molecule has 1 aromatic carbocycles. The largest absolute Gasteiger partial charge is 0.333 e. The zero-order chi connectivity index (χ0) is 18.6. The topological polar surface area (TPSA) is 58.1 Å². The molecule has 0 spiro atoms. The molecule has 138 valence electrons. The molecule has 1 atom stereocenters. The van der Waals surface area contributed by atoms with Crippen molar-refractivity contribution in [1.29, 1.82) is 0 Å². The SMILES string of the molecule is Cc1cccc(-c2nc(CC(=O)N3CCNCC3c3cccnc3)cs2)c1. The Balaban J connectivity index is 1.50. The zero-order valence-electron chi connectivity index (χ0n) is 15.3. The number of nitrogens with zero attached hydrogens (tertiary/aromatic N) is 3. The summed E-state index contributed by atoms with van der Waals surface area (Å²) in [6, 6.07) is 12.3. The standard InChI is InChI=1S/C21H22N4OS/c1-15-4-2-5-16(10-15)21-24-18(14-27-21)11-20(26)25-9-8-23-13-19(25)17-6-3-7-22-12-17/h2-7,10,12,14,19,23H,8-9,11,13H2,1H3. The van der Waals surface area contributed by atoms with Gasteiger partial charge in [-0.15, -0.1) is 11.3 Å². The van der Waals surface area contributed by atoms with E-state index in [2.05, 4.69) is 35.4 Å². The molecule has 1 unspecified atom stereocenters. The molecule has 3 aromatic rings. The van der Waals surface area contributed by atoms with E-state index in [0.717, 1.165) is 34.9 Å². The summed E-state index contributed by atoms with van der Waals surface area (Å²) in [5.74, 6) is 0.117. The lowest BCUT2D eigenvalue weighted by Crippen LogP contribution is -2.49. The number of rotatable bonds is 4. The first-order valence-electron chi connectivity index (χ1n) is 9.12. The molecule has 0 bridgehead atoms. The first kappa shape index (κ1) is 17.8. The van der Waals surface area contributed by atoms with Crippen LogP contribution in [0.1, 0.15) is 22.9 Å². The fourth-order valence-corrected chi connectivity index (χ4v) is 4.25. The monoisotopic (exact) mass is 378 g/mol. The maximum atomic E-state index is 13.0. The van der Waals surface area contributed by atoms with Gasteiger partial charge in [0.15, 0.2) is 0 Å². The first-order chi connectivity index (χ1) is 13.2. The molecule has 4 rings (SSSR count). The maximum Gasteiger partial charge on any atom is 0.229 e. The molecule has 1 fully saturated rings. The van der Waals surface area contributed by atoms with Crippen LogP contribution >= 0.6 is 11.3 Å². The van der Waals surface area contributed by atoms with Gasteiger partial charge in [-0.3, -0.25) is 9.78 Å². The van der Waals surface area contributed by atoms with Gasteiger partial charge in [-0.2, -0.15) is 0 Å². The lowest BCUT2D eigenvalue weighted by atomic mass is 10.0. The molecule has 0 saturated carbocycles. The highest BCUT2D eigenvalue weighted by molar-refractivity contribution is 7.13. The molecule has 1 saturated heterocycles. The summed E-state index contributed by atoms with van der Waals surface area (Å²) in [6.45, 7) is 4.34. The van der Waals surface area contributed by atoms with Crippen LogP contribution in [0.2, 0.25) is 0 Å². The normalized spacial score (nSPS) is 17.1. The number of carbonyl (C=O) groups excluding carboxylic acids is 1. The maximum absolute atomic E-state index is 13.0. The minimum Gasteiger partial charge on any atom is -0.333 e. The predicted octanol–water partition coefficient (Wildman–Crippen LogP) is 3.23. The Morgan fingerprint density at radius 3 is 3.07 bits per heavy atom. The number of hydrogen-bond acceptors (Lipinski definition) is 5. The number of thiazole rings is 1. The minimum atomic E-state index is 0.0230. The van der Waals surface area contributed by atoms with Crippen LogP contribution in [-0.2, 0) is 11.2 Å². The molecule has 0 radical (unpaired) electrons. The lowest BCUT2D eigenvalue weighted by molar-refractivity contribution is -0.133. The van der Waals surface area contributed by atoms with Crippen molar-refractivity contribution in [3.05, 3.63) is 71.0 Å². The van der Waals surface area contributed by atoms with Crippen molar-refractivity contribution in [2.75, 3.05) is 19.6 Å². The predicted molar refractivity (Wildman–Crippen MR) is 108 cm³/mol. The molecule has 6 heteroatoms. The highest BCUT2D eigenvalue weighted by Crippen LogP contribution is 2.26. The Hall–Kier alpha value is -2.57. The van der Waals surface area contributed by atoms with Crippen LogP contribution in [0.4, 0.5) is 0 Å². The van der Waals surface area contributed by atoms with Gasteiger partial charge >= 0.3 is 0 Å². The number of pyridine rings is 1. The Morgan fingerprint density at radius 1 is 1.33 bits per heavy atom. The van der Waals surface area contributed by atoms with Gasteiger partial charge in [0.2, 0.25) is 5.91 Å². The molecule has 1 N–H and O–H groups in total. The average Bonchev–Trinajstić information content (AvgIpc) is 3.17. The second-order valence-corrected chi connectivity index (χ2v) is 7.64. The van der Waals surface area contributed by atoms with E-state index in [4.69, 9.17) is 4.98 Å². The van der Waals surface area contributed by atoms with E-state index < -0.39 is 0 Å². The van der Waals surface area contributed by atoms with Gasteiger partial charge in [0.1, 0.15) is 5.01 Å². The van der Waals surface area contributed by atoms with Crippen molar-refractivity contribution < 1.29 is 4.79 Å². The summed E-state index contributed by atoms with van der Waals surface area (Å²) in [6.07, 6.45) is 3.93. The summed E-state index contributed by atoms with van der Waals surface area (Å²) < 4.78 is 0. The molecule has 0 aliphatic carbocycles. The number of amides is 1. The fourth-order valence-electron chi connectivity index (χ4n) is 3.43. The van der Waals surface area contributed by atoms with E-state index in [0.29, 0.717) is 13.0 Å². The van der Waals surface area contributed by atoms with E-state index >= 15 is 0 Å². The average molecular weight is 379 g/mol. The number of aryl methyl sites for hydroxylation is 1. The highest BCUT2D eigenvalue weighted by atomic mass is 32.1. The summed E-state index contributed by atoms with van der Waals surface area (Å²) in [5, 5.41) is 6.34. The summed E-state index contributed by atoms with van der Waals surface area (Å²) in [5.41, 5.74) is 4.22. The minimum absolute atomic E-state index is 0.0230. The van der Waals surface area contributed by atoms with Crippen LogP contribution in [0.15, 0.2) is 54.2 Å². The third-order valence-electron chi connectivity index (χ3n) is 4.78. The Morgan fingerprint density at radius 2 is 2.26 bits per heavy atom. The molecule has 27 heavy (non-hydrogen) atoms. The number of carbonyl (C=O) groups is 1. The van der Waals surface area contributed by atoms with Crippen LogP contribution in [0.3, 0.4) is 0 Å². The van der Waals surface area contributed by atoms with Crippen molar-refractivity contribution >= 4 is 17.2 Å². The van der Waals surface area contributed by atoms with E-state index in [9.17, 15) is 4.79 Å². The second-order valence-electron chi connectivity index (χ2n) is 6.78. The van der Waals surface area contributed by atoms with Crippen LogP contribution in [0, 0.1) is 6.92 Å². The highest BCUT2D eigenvalue weighted by Gasteiger charge is 2.28. The van der Waals surface area contributed by atoms with Crippen molar-refractivity contribution in [2.24, 2.45) is 0 Å². The van der Waals surface area contributed by atoms with Crippen LogP contribution in [0.5, 0.6) is 0 Å². The van der Waals surface area contributed by atoms with Gasteiger partial charge in [-0.25, -0.2) is 4.98 Å². The Labute approximate surface area is 163 Å². The molecular formula is C21H22N4OS. The molecule has 1 amide bonds. The molecule has 5 nitrogen and oxygen atoms in total. The molecular weight excluding hydrogens is 356 g/mol. The van der Waals surface area contributed by atoms with Gasteiger partial charge in [0.05, 0.1) is 18.2 Å². The second kappa shape index (κ2) is 7.98. The van der Waals surface area contributed by atoms with E-state index in [1.54, 1.807) is 17.5 Å². The Kier molecular flexibility index (Phi) is 5.27. The summed E-state index contributed by atoms with van der Waals surface area (Å²) in [4.78, 5) is 23.9. The fraction of sp³-hybridized carbons (Fsp3) is 0.286. The third-order valence-corrected chi connectivity index (χ3v) is 5.72. The summed E-state index contributed by atoms with van der Waals surface area (Å²) in [7, 11) is 0. The van der Waals surface area contributed by atoms with Crippen LogP contribution in [-0.4, -0.2) is 40.4 Å². The quantitative estimate of drug-likeness (QED) is 0.757.